The van der Waals surface area contributed by atoms with Gasteiger partial charge in [-0.05, 0) is 12.0 Å². The van der Waals surface area contributed by atoms with E-state index in [-0.39, 0.29) is 17.6 Å². The number of nitrogens with one attached hydrogen (secondary N) is 1. The number of halogens is 1. The summed E-state index contributed by atoms with van der Waals surface area (Å²) in [5.41, 5.74) is 1.71. The molecule has 86 valence electrons. The van der Waals surface area contributed by atoms with Gasteiger partial charge in [0.05, 0.1) is 5.88 Å². The molecular weight excluding hydrogens is 226 g/mol. The van der Waals surface area contributed by atoms with Crippen molar-refractivity contribution in [2.24, 2.45) is 0 Å². The van der Waals surface area contributed by atoms with Crippen molar-refractivity contribution in [3.05, 3.63) is 35.4 Å². The summed E-state index contributed by atoms with van der Waals surface area (Å²) in [7, 11) is 0. The maximum absolute atomic E-state index is 11.2. The lowest BCUT2D eigenvalue weighted by Crippen LogP contribution is -2.22. The topological polar surface area (TPSA) is 46.2 Å². The first-order valence-corrected chi connectivity index (χ1v) is 5.59. The summed E-state index contributed by atoms with van der Waals surface area (Å²) in [5.74, 6) is -0.102. The second kappa shape index (κ2) is 6.28. The molecule has 0 aliphatic carbocycles. The lowest BCUT2D eigenvalue weighted by Gasteiger charge is -2.03. The molecule has 4 heteroatoms. The third kappa shape index (κ3) is 4.03. The van der Waals surface area contributed by atoms with Crippen molar-refractivity contribution in [3.63, 3.8) is 0 Å². The van der Waals surface area contributed by atoms with Crippen molar-refractivity contribution in [3.8, 4) is 0 Å². The molecule has 0 unspecified atom stereocenters. The van der Waals surface area contributed by atoms with Crippen molar-refractivity contribution in [1.29, 1.82) is 0 Å². The van der Waals surface area contributed by atoms with Crippen LogP contribution in [-0.4, -0.2) is 24.1 Å². The molecule has 0 radical (unpaired) electrons. The van der Waals surface area contributed by atoms with Gasteiger partial charge in [0.1, 0.15) is 0 Å². The fourth-order valence-electron chi connectivity index (χ4n) is 1.32. The molecule has 3 nitrogen and oxygen atoms in total. The Kier molecular flexibility index (Phi) is 4.99. The minimum Gasteiger partial charge on any atom is -0.356 e. The molecule has 0 aromatic heterocycles. The smallest absolute Gasteiger partial charge is 0.216 e. The monoisotopic (exact) mass is 239 g/mol. The van der Waals surface area contributed by atoms with E-state index < -0.39 is 0 Å². The first-order chi connectivity index (χ1) is 7.63. The van der Waals surface area contributed by atoms with E-state index in [4.69, 9.17) is 11.6 Å². The molecule has 0 heterocycles. The average molecular weight is 240 g/mol. The van der Waals surface area contributed by atoms with Gasteiger partial charge in [-0.2, -0.15) is 0 Å². The molecular formula is C12H14ClNO2. The average Bonchev–Trinajstić information content (AvgIpc) is 2.28. The highest BCUT2D eigenvalue weighted by molar-refractivity contribution is 6.30. The summed E-state index contributed by atoms with van der Waals surface area (Å²) in [6.07, 6.45) is 0.759. The molecule has 0 fully saturated rings. The van der Waals surface area contributed by atoms with Gasteiger partial charge in [-0.25, -0.2) is 0 Å². The Labute approximate surface area is 99.8 Å². The Morgan fingerprint density at radius 1 is 1.25 bits per heavy atom. The molecule has 0 atom stereocenters. The first-order valence-electron chi connectivity index (χ1n) is 5.06. The summed E-state index contributed by atoms with van der Waals surface area (Å²) < 4.78 is 0. The minimum absolute atomic E-state index is 0.00520. The second-order valence-corrected chi connectivity index (χ2v) is 3.75. The lowest BCUT2D eigenvalue weighted by atomic mass is 10.1. The van der Waals surface area contributed by atoms with Crippen LogP contribution in [0.5, 0.6) is 0 Å². The molecule has 1 N–H and O–H groups in total. The molecule has 0 saturated heterocycles. The SMILES string of the molecule is CC(=O)NCCc1ccc(C(=O)CCl)cc1. The number of rotatable bonds is 5. The van der Waals surface area contributed by atoms with Crippen LogP contribution >= 0.6 is 11.6 Å². The molecule has 0 aliphatic heterocycles. The number of amides is 1. The number of benzene rings is 1. The van der Waals surface area contributed by atoms with Crippen LogP contribution in [0.2, 0.25) is 0 Å². The molecule has 0 aliphatic rings. The van der Waals surface area contributed by atoms with Gasteiger partial charge < -0.3 is 5.32 Å². The van der Waals surface area contributed by atoms with E-state index in [1.54, 1.807) is 12.1 Å². The van der Waals surface area contributed by atoms with Crippen LogP contribution in [0.25, 0.3) is 0 Å². The Morgan fingerprint density at radius 2 is 1.88 bits per heavy atom. The largest absolute Gasteiger partial charge is 0.356 e. The lowest BCUT2D eigenvalue weighted by molar-refractivity contribution is -0.118. The number of hydrogen-bond donors (Lipinski definition) is 1. The minimum atomic E-state index is -0.0740. The molecule has 0 bridgehead atoms. The van der Waals surface area contributed by atoms with Gasteiger partial charge in [-0.15, -0.1) is 11.6 Å². The highest BCUT2D eigenvalue weighted by Crippen LogP contribution is 2.06. The summed E-state index contributed by atoms with van der Waals surface area (Å²) in [4.78, 5) is 21.9. The molecule has 1 rings (SSSR count). The van der Waals surface area contributed by atoms with Crippen LogP contribution in [0, 0.1) is 0 Å². The quantitative estimate of drug-likeness (QED) is 0.629. The Bertz CT molecular complexity index is 373. The van der Waals surface area contributed by atoms with Crippen LogP contribution in [0.1, 0.15) is 22.8 Å². The van der Waals surface area contributed by atoms with Crippen LogP contribution in [-0.2, 0) is 11.2 Å². The fraction of sp³-hybridized carbons (Fsp3) is 0.333. The molecule has 1 amide bonds. The Balaban J connectivity index is 2.51. The van der Waals surface area contributed by atoms with Crippen molar-refractivity contribution >= 4 is 23.3 Å². The van der Waals surface area contributed by atoms with Crippen LogP contribution in [0.15, 0.2) is 24.3 Å². The van der Waals surface area contributed by atoms with Gasteiger partial charge in [0, 0.05) is 19.0 Å². The molecule has 1 aromatic rings. The highest BCUT2D eigenvalue weighted by atomic mass is 35.5. The van der Waals surface area contributed by atoms with E-state index in [9.17, 15) is 9.59 Å². The predicted octanol–water partition coefficient (Wildman–Crippen LogP) is 1.79. The van der Waals surface area contributed by atoms with Gasteiger partial charge in [0.2, 0.25) is 5.91 Å². The van der Waals surface area contributed by atoms with Crippen LogP contribution in [0.3, 0.4) is 0 Å². The van der Waals surface area contributed by atoms with Gasteiger partial charge in [0.15, 0.2) is 5.78 Å². The zero-order chi connectivity index (χ0) is 12.0. The standard InChI is InChI=1S/C12H14ClNO2/c1-9(15)14-7-6-10-2-4-11(5-3-10)12(16)8-13/h2-5H,6-8H2,1H3,(H,14,15). The molecule has 0 saturated carbocycles. The van der Waals surface area contributed by atoms with Crippen LogP contribution in [0.4, 0.5) is 0 Å². The first kappa shape index (κ1) is 12.7. The fourth-order valence-corrected chi connectivity index (χ4v) is 1.47. The third-order valence-corrected chi connectivity index (χ3v) is 2.43. The van der Waals surface area contributed by atoms with E-state index in [0.29, 0.717) is 12.1 Å². The Morgan fingerprint density at radius 3 is 2.38 bits per heavy atom. The van der Waals surface area contributed by atoms with Crippen molar-refractivity contribution in [1.82, 2.24) is 5.32 Å². The van der Waals surface area contributed by atoms with E-state index in [0.717, 1.165) is 12.0 Å². The van der Waals surface area contributed by atoms with Gasteiger partial charge in [-0.3, -0.25) is 9.59 Å². The van der Waals surface area contributed by atoms with Gasteiger partial charge in [-0.1, -0.05) is 24.3 Å². The van der Waals surface area contributed by atoms with E-state index in [2.05, 4.69) is 5.32 Å². The maximum atomic E-state index is 11.2. The Hall–Kier alpha value is -1.35. The van der Waals surface area contributed by atoms with Crippen molar-refractivity contribution in [2.75, 3.05) is 12.4 Å². The number of hydrogen-bond acceptors (Lipinski definition) is 2. The van der Waals surface area contributed by atoms with E-state index in [1.165, 1.54) is 6.92 Å². The van der Waals surface area contributed by atoms with Crippen molar-refractivity contribution < 1.29 is 9.59 Å². The number of carbonyl (C=O) groups excluding carboxylic acids is 2. The number of alkyl halides is 1. The van der Waals surface area contributed by atoms with E-state index in [1.807, 2.05) is 12.1 Å². The maximum Gasteiger partial charge on any atom is 0.216 e. The molecule has 1 aromatic carbocycles. The predicted molar refractivity (Wildman–Crippen MR) is 63.9 cm³/mol. The van der Waals surface area contributed by atoms with Gasteiger partial charge in [0.25, 0.3) is 0 Å². The number of carbonyl (C=O) groups is 2. The van der Waals surface area contributed by atoms with Crippen LogP contribution < -0.4 is 5.32 Å². The number of Topliss-reactive ketones (excluding diaryl/α,β-unsaturated/α-hetero) is 1. The van der Waals surface area contributed by atoms with Crippen molar-refractivity contribution in [2.45, 2.75) is 13.3 Å². The zero-order valence-corrected chi connectivity index (χ0v) is 9.88. The summed E-state index contributed by atoms with van der Waals surface area (Å²) in [6, 6.07) is 7.27. The second-order valence-electron chi connectivity index (χ2n) is 3.49. The molecule has 0 spiro atoms. The van der Waals surface area contributed by atoms with Gasteiger partial charge >= 0.3 is 0 Å². The normalized spacial score (nSPS) is 9.88. The summed E-state index contributed by atoms with van der Waals surface area (Å²) in [6.45, 7) is 2.10. The van der Waals surface area contributed by atoms with E-state index >= 15 is 0 Å². The highest BCUT2D eigenvalue weighted by Gasteiger charge is 2.03. The third-order valence-electron chi connectivity index (χ3n) is 2.18. The zero-order valence-electron chi connectivity index (χ0n) is 9.13. The summed E-state index contributed by atoms with van der Waals surface area (Å²) >= 11 is 5.45. The number of ketones is 1. The summed E-state index contributed by atoms with van der Waals surface area (Å²) in [5, 5.41) is 2.72. The molecule has 16 heavy (non-hydrogen) atoms.